The fourth-order valence-electron chi connectivity index (χ4n) is 2.05. The third-order valence-electron chi connectivity index (χ3n) is 3.12. The lowest BCUT2D eigenvalue weighted by molar-refractivity contribution is 0.496. The minimum absolute atomic E-state index is 0.146. The van der Waals surface area contributed by atoms with Crippen molar-refractivity contribution < 1.29 is 4.39 Å². The zero-order chi connectivity index (χ0) is 12.5. The quantitative estimate of drug-likeness (QED) is 0.448. The molecule has 96 valence electrons. The van der Waals surface area contributed by atoms with Gasteiger partial charge < -0.3 is 0 Å². The SMILES string of the molecule is CCCCCCC(CBr)Cc1ccc(F)cc1. The normalized spacial score (nSPS) is 12.6. The van der Waals surface area contributed by atoms with E-state index in [1.54, 1.807) is 12.1 Å². The van der Waals surface area contributed by atoms with E-state index in [4.69, 9.17) is 0 Å². The van der Waals surface area contributed by atoms with Crippen LogP contribution in [0.1, 0.15) is 44.6 Å². The molecular formula is C15H22BrF. The Balaban J connectivity index is 2.33. The van der Waals surface area contributed by atoms with Crippen molar-refractivity contribution in [2.45, 2.75) is 45.4 Å². The minimum atomic E-state index is -0.146. The summed E-state index contributed by atoms with van der Waals surface area (Å²) in [6, 6.07) is 6.91. The fraction of sp³-hybridized carbons (Fsp3) is 0.600. The van der Waals surface area contributed by atoms with E-state index in [9.17, 15) is 4.39 Å². The Hall–Kier alpha value is -0.370. The Morgan fingerprint density at radius 1 is 1.12 bits per heavy atom. The summed E-state index contributed by atoms with van der Waals surface area (Å²) in [5.74, 6) is 0.532. The second kappa shape index (κ2) is 8.68. The van der Waals surface area contributed by atoms with E-state index in [2.05, 4.69) is 22.9 Å². The van der Waals surface area contributed by atoms with E-state index in [-0.39, 0.29) is 5.82 Å². The van der Waals surface area contributed by atoms with Crippen LogP contribution in [0.3, 0.4) is 0 Å². The van der Waals surface area contributed by atoms with E-state index in [1.165, 1.54) is 37.7 Å². The first-order valence-corrected chi connectivity index (χ1v) is 7.68. The molecule has 0 amide bonds. The average Bonchev–Trinajstić information content (AvgIpc) is 2.35. The monoisotopic (exact) mass is 300 g/mol. The lowest BCUT2D eigenvalue weighted by Crippen LogP contribution is -2.06. The highest BCUT2D eigenvalue weighted by Crippen LogP contribution is 2.18. The van der Waals surface area contributed by atoms with Crippen molar-refractivity contribution in [3.8, 4) is 0 Å². The highest BCUT2D eigenvalue weighted by atomic mass is 79.9. The number of halogens is 2. The highest BCUT2D eigenvalue weighted by molar-refractivity contribution is 9.09. The summed E-state index contributed by atoms with van der Waals surface area (Å²) in [6.07, 6.45) is 7.59. The van der Waals surface area contributed by atoms with Crippen LogP contribution in [0.5, 0.6) is 0 Å². The van der Waals surface area contributed by atoms with Gasteiger partial charge in [-0.2, -0.15) is 0 Å². The summed E-state index contributed by atoms with van der Waals surface area (Å²) in [5, 5.41) is 1.04. The van der Waals surface area contributed by atoms with Crippen LogP contribution in [0.25, 0.3) is 0 Å². The van der Waals surface area contributed by atoms with Crippen LogP contribution < -0.4 is 0 Å². The van der Waals surface area contributed by atoms with Crippen molar-refractivity contribution in [1.82, 2.24) is 0 Å². The molecule has 0 fully saturated rings. The summed E-state index contributed by atoms with van der Waals surface area (Å²) in [6.45, 7) is 2.24. The molecule has 0 nitrogen and oxygen atoms in total. The van der Waals surface area contributed by atoms with Gasteiger partial charge in [-0.1, -0.05) is 60.7 Å². The van der Waals surface area contributed by atoms with Crippen molar-refractivity contribution in [2.24, 2.45) is 5.92 Å². The Kier molecular flexibility index (Phi) is 7.50. The first-order chi connectivity index (χ1) is 8.26. The molecule has 0 heterocycles. The van der Waals surface area contributed by atoms with Crippen LogP contribution in [0.4, 0.5) is 4.39 Å². The molecule has 1 unspecified atom stereocenters. The minimum Gasteiger partial charge on any atom is -0.207 e. The molecule has 0 bridgehead atoms. The summed E-state index contributed by atoms with van der Waals surface area (Å²) in [7, 11) is 0. The van der Waals surface area contributed by atoms with Crippen LogP contribution in [0.15, 0.2) is 24.3 Å². The van der Waals surface area contributed by atoms with Crippen LogP contribution in [0.2, 0.25) is 0 Å². The summed E-state index contributed by atoms with van der Waals surface area (Å²) in [5.41, 5.74) is 1.24. The molecular weight excluding hydrogens is 279 g/mol. The third kappa shape index (κ3) is 6.21. The zero-order valence-corrected chi connectivity index (χ0v) is 12.2. The third-order valence-corrected chi connectivity index (χ3v) is 4.04. The standard InChI is InChI=1S/C15H22BrF/c1-2-3-4-5-6-14(12-16)11-13-7-9-15(17)10-8-13/h7-10,14H,2-6,11-12H2,1H3. The molecule has 0 radical (unpaired) electrons. The largest absolute Gasteiger partial charge is 0.207 e. The topological polar surface area (TPSA) is 0 Å². The number of benzene rings is 1. The molecule has 0 aliphatic rings. The summed E-state index contributed by atoms with van der Waals surface area (Å²) < 4.78 is 12.8. The summed E-state index contributed by atoms with van der Waals surface area (Å²) >= 11 is 3.58. The van der Waals surface area contributed by atoms with Gasteiger partial charge >= 0.3 is 0 Å². The van der Waals surface area contributed by atoms with E-state index in [1.807, 2.05) is 12.1 Å². The van der Waals surface area contributed by atoms with Gasteiger partial charge in [-0.3, -0.25) is 0 Å². The first-order valence-electron chi connectivity index (χ1n) is 6.56. The zero-order valence-electron chi connectivity index (χ0n) is 10.6. The van der Waals surface area contributed by atoms with Gasteiger partial charge in [0.1, 0.15) is 5.82 Å². The van der Waals surface area contributed by atoms with Gasteiger partial charge in [-0.05, 0) is 36.5 Å². The maximum absolute atomic E-state index is 12.8. The van der Waals surface area contributed by atoms with E-state index in [0.29, 0.717) is 5.92 Å². The molecule has 2 heteroatoms. The van der Waals surface area contributed by atoms with Crippen LogP contribution in [-0.2, 0) is 6.42 Å². The van der Waals surface area contributed by atoms with Crippen LogP contribution in [0, 0.1) is 11.7 Å². The predicted molar refractivity (Wildman–Crippen MR) is 76.1 cm³/mol. The van der Waals surface area contributed by atoms with E-state index < -0.39 is 0 Å². The second-order valence-corrected chi connectivity index (χ2v) is 5.35. The molecule has 0 aliphatic heterocycles. The highest BCUT2D eigenvalue weighted by Gasteiger charge is 2.08. The molecule has 0 aliphatic carbocycles. The number of alkyl halides is 1. The number of rotatable bonds is 8. The predicted octanol–water partition coefficient (Wildman–Crippen LogP) is 5.35. The molecule has 0 saturated carbocycles. The molecule has 1 rings (SSSR count). The maximum atomic E-state index is 12.8. The van der Waals surface area contributed by atoms with Gasteiger partial charge in [0.2, 0.25) is 0 Å². The maximum Gasteiger partial charge on any atom is 0.123 e. The van der Waals surface area contributed by atoms with Crippen molar-refractivity contribution in [2.75, 3.05) is 5.33 Å². The lowest BCUT2D eigenvalue weighted by atomic mass is 9.95. The van der Waals surface area contributed by atoms with Gasteiger partial charge in [0.05, 0.1) is 0 Å². The van der Waals surface area contributed by atoms with Crippen LogP contribution in [-0.4, -0.2) is 5.33 Å². The van der Waals surface area contributed by atoms with E-state index >= 15 is 0 Å². The molecule has 0 aromatic heterocycles. The van der Waals surface area contributed by atoms with Crippen molar-refractivity contribution in [3.63, 3.8) is 0 Å². The molecule has 1 aromatic carbocycles. The number of hydrogen-bond acceptors (Lipinski definition) is 0. The number of unbranched alkanes of at least 4 members (excludes halogenated alkanes) is 3. The molecule has 0 saturated heterocycles. The van der Waals surface area contributed by atoms with Crippen molar-refractivity contribution >= 4 is 15.9 Å². The molecule has 0 spiro atoms. The lowest BCUT2D eigenvalue weighted by Gasteiger charge is -2.13. The van der Waals surface area contributed by atoms with Gasteiger partial charge in [0.15, 0.2) is 0 Å². The Bertz CT molecular complexity index is 294. The molecule has 1 atom stereocenters. The molecule has 1 aromatic rings. The van der Waals surface area contributed by atoms with E-state index in [0.717, 1.165) is 11.8 Å². The Labute approximate surface area is 113 Å². The average molecular weight is 301 g/mol. The Morgan fingerprint density at radius 2 is 1.82 bits per heavy atom. The first kappa shape index (κ1) is 14.7. The smallest absolute Gasteiger partial charge is 0.123 e. The van der Waals surface area contributed by atoms with Crippen molar-refractivity contribution in [1.29, 1.82) is 0 Å². The second-order valence-electron chi connectivity index (χ2n) is 4.70. The van der Waals surface area contributed by atoms with Crippen LogP contribution >= 0.6 is 15.9 Å². The van der Waals surface area contributed by atoms with Gasteiger partial charge in [0, 0.05) is 5.33 Å². The van der Waals surface area contributed by atoms with Gasteiger partial charge in [0.25, 0.3) is 0 Å². The van der Waals surface area contributed by atoms with Gasteiger partial charge in [-0.15, -0.1) is 0 Å². The fourth-order valence-corrected chi connectivity index (χ4v) is 2.60. The van der Waals surface area contributed by atoms with Gasteiger partial charge in [-0.25, -0.2) is 4.39 Å². The molecule has 0 N–H and O–H groups in total. The Morgan fingerprint density at radius 3 is 2.41 bits per heavy atom. The number of hydrogen-bond donors (Lipinski definition) is 0. The van der Waals surface area contributed by atoms with Crippen molar-refractivity contribution in [3.05, 3.63) is 35.6 Å². The summed E-state index contributed by atoms with van der Waals surface area (Å²) in [4.78, 5) is 0. The molecule has 17 heavy (non-hydrogen) atoms.